The van der Waals surface area contributed by atoms with Crippen molar-refractivity contribution in [3.8, 4) is 0 Å². The number of benzene rings is 4. The highest BCUT2D eigenvalue weighted by atomic mass is 32.2. The largest absolute Gasteiger partial charge is 0.352 e. The van der Waals surface area contributed by atoms with E-state index in [9.17, 15) is 18.0 Å². The number of aryl methyl sites for hydroxylation is 1. The zero-order chi connectivity index (χ0) is 31.8. The smallest absolute Gasteiger partial charge is 0.264 e. The van der Waals surface area contributed by atoms with E-state index in [1.54, 1.807) is 67.6 Å². The topological polar surface area (TPSA) is 86.8 Å². The van der Waals surface area contributed by atoms with Gasteiger partial charge >= 0.3 is 0 Å². The number of nitrogens with zero attached hydrogens (tertiary/aromatic N) is 2. The molecule has 5 rings (SSSR count). The summed E-state index contributed by atoms with van der Waals surface area (Å²) in [6.07, 6.45) is 3.89. The fraction of sp³-hybridized carbons (Fsp3) is 0.278. The van der Waals surface area contributed by atoms with Crippen LogP contribution in [0.1, 0.15) is 42.4 Å². The minimum atomic E-state index is -4.20. The van der Waals surface area contributed by atoms with E-state index < -0.39 is 34.3 Å². The third kappa shape index (κ3) is 7.78. The van der Waals surface area contributed by atoms with Crippen molar-refractivity contribution in [1.82, 2.24) is 10.2 Å². The van der Waals surface area contributed by atoms with Gasteiger partial charge < -0.3 is 10.2 Å². The average Bonchev–Trinajstić information content (AvgIpc) is 3.56. The van der Waals surface area contributed by atoms with Gasteiger partial charge in [0.05, 0.1) is 10.6 Å². The summed E-state index contributed by atoms with van der Waals surface area (Å²) in [6, 6.07) is 29.3. The first-order chi connectivity index (χ1) is 21.7. The summed E-state index contributed by atoms with van der Waals surface area (Å²) in [6.45, 7) is 0.977. The van der Waals surface area contributed by atoms with Crippen LogP contribution in [0.4, 0.5) is 10.1 Å². The van der Waals surface area contributed by atoms with Crippen LogP contribution < -0.4 is 9.62 Å². The van der Waals surface area contributed by atoms with E-state index >= 15 is 4.39 Å². The number of anilines is 1. The molecule has 234 valence electrons. The number of carbonyl (C=O) groups excluding carboxylic acids is 2. The first kappa shape index (κ1) is 31.9. The van der Waals surface area contributed by atoms with Gasteiger partial charge in [-0.25, -0.2) is 12.8 Å². The number of nitrogens with one attached hydrogen (secondary N) is 1. The van der Waals surface area contributed by atoms with Gasteiger partial charge in [0.2, 0.25) is 11.8 Å². The van der Waals surface area contributed by atoms with Gasteiger partial charge in [-0.2, -0.15) is 0 Å². The maximum absolute atomic E-state index is 15.1. The Morgan fingerprint density at radius 3 is 2.11 bits per heavy atom. The van der Waals surface area contributed by atoms with Gasteiger partial charge in [-0.05, 0) is 55.2 Å². The Hall–Kier alpha value is -4.50. The number of rotatable bonds is 12. The van der Waals surface area contributed by atoms with Crippen molar-refractivity contribution >= 4 is 27.5 Å². The van der Waals surface area contributed by atoms with E-state index in [4.69, 9.17) is 0 Å². The molecule has 4 aromatic carbocycles. The highest BCUT2D eigenvalue weighted by Gasteiger charge is 2.36. The van der Waals surface area contributed by atoms with Gasteiger partial charge in [0, 0.05) is 24.6 Å². The monoisotopic (exact) mass is 627 g/mol. The Morgan fingerprint density at radius 1 is 0.844 bits per heavy atom. The molecule has 1 fully saturated rings. The molecule has 0 bridgehead atoms. The second-order valence-electron chi connectivity index (χ2n) is 11.4. The lowest BCUT2D eigenvalue weighted by Crippen LogP contribution is -2.54. The molecule has 1 N–H and O–H groups in total. The van der Waals surface area contributed by atoms with Crippen LogP contribution in [0.25, 0.3) is 0 Å². The lowest BCUT2D eigenvalue weighted by atomic mass is 10.0. The standard InChI is InChI=1S/C36H38FN3O4S/c1-27-14-8-13-23-33(27)40(45(43,44)31-20-6-3-7-21-31)26-35(41)39(25-29-17-9-12-22-32(29)37)34(24-28-15-4-2-5-16-28)36(42)38-30-18-10-11-19-30/h2-9,12-17,20-23,30,34H,10-11,18-19,24-26H2,1H3,(H,38,42)/t34-/m0/s1. The van der Waals surface area contributed by atoms with E-state index in [0.717, 1.165) is 35.6 Å². The maximum Gasteiger partial charge on any atom is 0.264 e. The maximum atomic E-state index is 15.1. The van der Waals surface area contributed by atoms with Crippen molar-refractivity contribution in [2.24, 2.45) is 0 Å². The second kappa shape index (κ2) is 14.5. The minimum Gasteiger partial charge on any atom is -0.352 e. The fourth-order valence-electron chi connectivity index (χ4n) is 5.81. The van der Waals surface area contributed by atoms with Crippen LogP contribution in [-0.2, 0) is 32.6 Å². The highest BCUT2D eigenvalue weighted by molar-refractivity contribution is 7.92. The first-order valence-corrected chi connectivity index (χ1v) is 16.7. The average molecular weight is 628 g/mol. The molecule has 0 aromatic heterocycles. The number of amides is 2. The number of hydrogen-bond donors (Lipinski definition) is 1. The summed E-state index contributed by atoms with van der Waals surface area (Å²) in [5.41, 5.74) is 2.05. The zero-order valence-electron chi connectivity index (χ0n) is 25.3. The molecule has 2 amide bonds. The Morgan fingerprint density at radius 2 is 1.44 bits per heavy atom. The molecule has 0 unspecified atom stereocenters. The minimum absolute atomic E-state index is 0.0110. The van der Waals surface area contributed by atoms with Crippen molar-refractivity contribution in [2.75, 3.05) is 10.8 Å². The van der Waals surface area contributed by atoms with E-state index in [0.29, 0.717) is 11.3 Å². The highest BCUT2D eigenvalue weighted by Crippen LogP contribution is 2.28. The first-order valence-electron chi connectivity index (χ1n) is 15.2. The molecule has 45 heavy (non-hydrogen) atoms. The predicted octanol–water partition coefficient (Wildman–Crippen LogP) is 6.03. The summed E-state index contributed by atoms with van der Waals surface area (Å²) in [5.74, 6) is -1.48. The van der Waals surface area contributed by atoms with Crippen molar-refractivity contribution < 1.29 is 22.4 Å². The van der Waals surface area contributed by atoms with Crippen LogP contribution in [-0.4, -0.2) is 43.8 Å². The summed E-state index contributed by atoms with van der Waals surface area (Å²) in [5, 5.41) is 3.13. The summed E-state index contributed by atoms with van der Waals surface area (Å²) in [4.78, 5) is 29.9. The Labute approximate surface area is 264 Å². The Bertz CT molecular complexity index is 1710. The van der Waals surface area contributed by atoms with E-state index in [2.05, 4.69) is 5.32 Å². The van der Waals surface area contributed by atoms with Crippen LogP contribution in [0, 0.1) is 12.7 Å². The lowest BCUT2D eigenvalue weighted by molar-refractivity contribution is -0.140. The van der Waals surface area contributed by atoms with Crippen LogP contribution in [0.2, 0.25) is 0 Å². The molecule has 1 atom stereocenters. The van der Waals surface area contributed by atoms with Crippen molar-refractivity contribution in [1.29, 1.82) is 0 Å². The molecular formula is C36H38FN3O4S. The SMILES string of the molecule is Cc1ccccc1N(CC(=O)N(Cc1ccccc1F)[C@@H](Cc1ccccc1)C(=O)NC1CCCC1)S(=O)(=O)c1ccccc1. The van der Waals surface area contributed by atoms with Gasteiger partial charge in [0.1, 0.15) is 18.4 Å². The molecule has 0 heterocycles. The molecule has 0 spiro atoms. The number of para-hydroxylation sites is 1. The van der Waals surface area contributed by atoms with Gasteiger partial charge in [0.15, 0.2) is 0 Å². The summed E-state index contributed by atoms with van der Waals surface area (Å²) in [7, 11) is -4.20. The van der Waals surface area contributed by atoms with Gasteiger partial charge in [-0.3, -0.25) is 13.9 Å². The molecule has 9 heteroatoms. The molecule has 7 nitrogen and oxygen atoms in total. The van der Waals surface area contributed by atoms with E-state index in [1.807, 2.05) is 30.3 Å². The van der Waals surface area contributed by atoms with Gasteiger partial charge in [-0.1, -0.05) is 97.8 Å². The predicted molar refractivity (Wildman–Crippen MR) is 173 cm³/mol. The molecule has 4 aromatic rings. The number of sulfonamides is 1. The van der Waals surface area contributed by atoms with Crippen molar-refractivity contribution in [3.05, 3.63) is 132 Å². The number of hydrogen-bond acceptors (Lipinski definition) is 4. The van der Waals surface area contributed by atoms with Crippen LogP contribution in [0.5, 0.6) is 0 Å². The normalized spacial score (nSPS) is 14.1. The van der Waals surface area contributed by atoms with Crippen LogP contribution in [0.15, 0.2) is 114 Å². The van der Waals surface area contributed by atoms with Gasteiger partial charge in [-0.15, -0.1) is 0 Å². The molecule has 0 radical (unpaired) electrons. The molecule has 0 saturated heterocycles. The molecular weight excluding hydrogens is 589 g/mol. The molecule has 1 aliphatic rings. The Kier molecular flexibility index (Phi) is 10.3. The van der Waals surface area contributed by atoms with Gasteiger partial charge in [0.25, 0.3) is 10.0 Å². The van der Waals surface area contributed by atoms with Crippen molar-refractivity contribution in [2.45, 2.75) is 62.6 Å². The molecule has 0 aliphatic heterocycles. The second-order valence-corrected chi connectivity index (χ2v) is 13.3. The fourth-order valence-corrected chi connectivity index (χ4v) is 7.31. The third-order valence-corrected chi connectivity index (χ3v) is 10.0. The Balaban J connectivity index is 1.57. The van der Waals surface area contributed by atoms with Crippen molar-refractivity contribution in [3.63, 3.8) is 0 Å². The number of carbonyl (C=O) groups is 2. The van der Waals surface area contributed by atoms with E-state index in [1.165, 1.54) is 23.1 Å². The van der Waals surface area contributed by atoms with Crippen LogP contribution in [0.3, 0.4) is 0 Å². The lowest BCUT2D eigenvalue weighted by Gasteiger charge is -2.34. The third-order valence-electron chi connectivity index (χ3n) is 8.27. The van der Waals surface area contributed by atoms with Crippen LogP contribution >= 0.6 is 0 Å². The molecule has 1 saturated carbocycles. The summed E-state index contributed by atoms with van der Waals surface area (Å²) >= 11 is 0. The quantitative estimate of drug-likeness (QED) is 0.208. The van der Waals surface area contributed by atoms with E-state index in [-0.39, 0.29) is 35.4 Å². The molecule has 1 aliphatic carbocycles. The summed E-state index contributed by atoms with van der Waals surface area (Å²) < 4.78 is 44.4. The zero-order valence-corrected chi connectivity index (χ0v) is 26.1. The number of halogens is 1.